The van der Waals surface area contributed by atoms with Gasteiger partial charge in [-0.05, 0) is 38.7 Å². The standard InChI is InChI=1S/C18H26N4O/c1-4-19-18(20-13-15-9-6-5-7-10-15)21-14-16(22(2)3)17-11-8-12-23-17/h5-12,16H,4,13-14H2,1-3H3,(H2,19,20,21). The van der Waals surface area contributed by atoms with Gasteiger partial charge < -0.3 is 15.1 Å². The van der Waals surface area contributed by atoms with Crippen molar-refractivity contribution in [1.82, 2.24) is 15.5 Å². The Bertz CT molecular complexity index is 578. The van der Waals surface area contributed by atoms with Gasteiger partial charge in [-0.25, -0.2) is 4.99 Å². The molecule has 2 N–H and O–H groups in total. The molecule has 0 amide bonds. The number of benzene rings is 1. The number of rotatable bonds is 7. The minimum atomic E-state index is 0.158. The summed E-state index contributed by atoms with van der Waals surface area (Å²) in [7, 11) is 4.09. The second kappa shape index (κ2) is 9.00. The van der Waals surface area contributed by atoms with Crippen LogP contribution in [-0.2, 0) is 6.54 Å². The molecule has 0 aliphatic heterocycles. The number of hydrogen-bond donors (Lipinski definition) is 2. The van der Waals surface area contributed by atoms with Gasteiger partial charge in [0.2, 0.25) is 0 Å². The fraction of sp³-hybridized carbons (Fsp3) is 0.389. The maximum atomic E-state index is 5.54. The van der Waals surface area contributed by atoms with Gasteiger partial charge in [0.1, 0.15) is 5.76 Å². The summed E-state index contributed by atoms with van der Waals surface area (Å²) in [5.41, 5.74) is 1.19. The predicted octanol–water partition coefficient (Wildman–Crippen LogP) is 2.64. The third-order valence-electron chi connectivity index (χ3n) is 3.56. The van der Waals surface area contributed by atoms with E-state index in [-0.39, 0.29) is 6.04 Å². The first-order valence-corrected chi connectivity index (χ1v) is 7.96. The first-order valence-electron chi connectivity index (χ1n) is 7.96. The summed E-state index contributed by atoms with van der Waals surface area (Å²) in [5.74, 6) is 1.76. The number of guanidine groups is 1. The molecular weight excluding hydrogens is 288 g/mol. The Morgan fingerprint density at radius 1 is 1.13 bits per heavy atom. The maximum absolute atomic E-state index is 5.54. The van der Waals surface area contributed by atoms with Gasteiger partial charge in [-0.2, -0.15) is 0 Å². The Hall–Kier alpha value is -2.27. The zero-order valence-electron chi connectivity index (χ0n) is 14.1. The minimum absolute atomic E-state index is 0.158. The van der Waals surface area contributed by atoms with Crippen molar-refractivity contribution in [2.45, 2.75) is 19.5 Å². The summed E-state index contributed by atoms with van der Waals surface area (Å²) >= 11 is 0. The van der Waals surface area contributed by atoms with Gasteiger partial charge in [0.25, 0.3) is 0 Å². The molecule has 0 aliphatic rings. The van der Waals surface area contributed by atoms with E-state index in [2.05, 4.69) is 39.6 Å². The van der Waals surface area contributed by atoms with Crippen LogP contribution in [0.1, 0.15) is 24.3 Å². The van der Waals surface area contributed by atoms with E-state index in [1.54, 1.807) is 6.26 Å². The van der Waals surface area contributed by atoms with E-state index in [1.165, 1.54) is 5.56 Å². The van der Waals surface area contributed by atoms with Gasteiger partial charge in [0.05, 0.1) is 18.8 Å². The summed E-state index contributed by atoms with van der Waals surface area (Å²) in [6.07, 6.45) is 1.71. The van der Waals surface area contributed by atoms with Crippen molar-refractivity contribution in [3.05, 3.63) is 60.1 Å². The summed E-state index contributed by atoms with van der Waals surface area (Å²) in [4.78, 5) is 6.77. The molecule has 0 spiro atoms. The third-order valence-corrected chi connectivity index (χ3v) is 3.56. The highest BCUT2D eigenvalue weighted by molar-refractivity contribution is 5.79. The molecule has 0 aliphatic carbocycles. The summed E-state index contributed by atoms with van der Waals surface area (Å²) in [6, 6.07) is 14.3. The zero-order chi connectivity index (χ0) is 16.5. The molecule has 2 rings (SSSR count). The van der Waals surface area contributed by atoms with Crippen molar-refractivity contribution >= 4 is 5.96 Å². The highest BCUT2D eigenvalue weighted by atomic mass is 16.3. The van der Waals surface area contributed by atoms with Crippen LogP contribution in [0.2, 0.25) is 0 Å². The van der Waals surface area contributed by atoms with Crippen LogP contribution in [-0.4, -0.2) is 38.0 Å². The number of hydrogen-bond acceptors (Lipinski definition) is 3. The van der Waals surface area contributed by atoms with E-state index in [1.807, 2.05) is 44.4 Å². The van der Waals surface area contributed by atoms with Crippen LogP contribution in [0.3, 0.4) is 0 Å². The largest absolute Gasteiger partial charge is 0.468 e. The monoisotopic (exact) mass is 314 g/mol. The predicted molar refractivity (Wildman–Crippen MR) is 94.4 cm³/mol. The van der Waals surface area contributed by atoms with E-state index in [0.29, 0.717) is 6.54 Å². The summed E-state index contributed by atoms with van der Waals surface area (Å²) < 4.78 is 5.54. The number of aliphatic imine (C=N–C) groups is 1. The maximum Gasteiger partial charge on any atom is 0.191 e. The molecule has 124 valence electrons. The third kappa shape index (κ3) is 5.45. The molecule has 0 bridgehead atoms. The molecule has 1 unspecified atom stereocenters. The molecule has 0 radical (unpaired) electrons. The van der Waals surface area contributed by atoms with Crippen molar-refractivity contribution in [2.24, 2.45) is 4.99 Å². The van der Waals surface area contributed by atoms with Gasteiger partial charge in [-0.15, -0.1) is 0 Å². The highest BCUT2D eigenvalue weighted by Crippen LogP contribution is 2.17. The van der Waals surface area contributed by atoms with E-state index in [4.69, 9.17) is 4.42 Å². The number of nitrogens with one attached hydrogen (secondary N) is 2. The lowest BCUT2D eigenvalue weighted by atomic mass is 10.2. The topological polar surface area (TPSA) is 52.8 Å². The van der Waals surface area contributed by atoms with Crippen LogP contribution in [0.5, 0.6) is 0 Å². The van der Waals surface area contributed by atoms with Crippen molar-refractivity contribution in [2.75, 3.05) is 27.2 Å². The van der Waals surface area contributed by atoms with Crippen molar-refractivity contribution in [3.8, 4) is 0 Å². The van der Waals surface area contributed by atoms with E-state index in [9.17, 15) is 0 Å². The number of likely N-dealkylation sites (N-methyl/N-ethyl adjacent to an activating group) is 1. The van der Waals surface area contributed by atoms with Crippen LogP contribution in [0.25, 0.3) is 0 Å². The van der Waals surface area contributed by atoms with Crippen LogP contribution >= 0.6 is 0 Å². The van der Waals surface area contributed by atoms with Gasteiger partial charge in [-0.1, -0.05) is 30.3 Å². The van der Waals surface area contributed by atoms with Crippen LogP contribution < -0.4 is 10.6 Å². The molecule has 0 saturated heterocycles. The highest BCUT2D eigenvalue weighted by Gasteiger charge is 2.17. The molecule has 1 atom stereocenters. The van der Waals surface area contributed by atoms with Crippen molar-refractivity contribution < 1.29 is 4.42 Å². The lowest BCUT2D eigenvalue weighted by molar-refractivity contribution is 0.258. The average Bonchev–Trinajstić information content (AvgIpc) is 3.07. The Kier molecular flexibility index (Phi) is 6.69. The molecule has 1 heterocycles. The lowest BCUT2D eigenvalue weighted by Gasteiger charge is -2.23. The average molecular weight is 314 g/mol. The van der Waals surface area contributed by atoms with E-state index in [0.717, 1.165) is 24.8 Å². The van der Waals surface area contributed by atoms with Gasteiger partial charge in [0, 0.05) is 13.1 Å². The van der Waals surface area contributed by atoms with Crippen LogP contribution in [0.15, 0.2) is 58.1 Å². The molecular formula is C18H26N4O. The van der Waals surface area contributed by atoms with Gasteiger partial charge >= 0.3 is 0 Å². The second-order valence-electron chi connectivity index (χ2n) is 5.56. The molecule has 23 heavy (non-hydrogen) atoms. The second-order valence-corrected chi connectivity index (χ2v) is 5.56. The number of furan rings is 1. The molecule has 0 fully saturated rings. The Labute approximate surface area is 138 Å². The molecule has 2 aromatic rings. The normalized spacial score (nSPS) is 13.1. The quantitative estimate of drug-likeness (QED) is 0.609. The van der Waals surface area contributed by atoms with Gasteiger partial charge in [0.15, 0.2) is 5.96 Å². The van der Waals surface area contributed by atoms with Crippen LogP contribution in [0.4, 0.5) is 0 Å². The fourth-order valence-corrected chi connectivity index (χ4v) is 2.31. The molecule has 1 aromatic carbocycles. The SMILES string of the molecule is CCNC(=NCc1ccccc1)NCC(c1ccco1)N(C)C. The van der Waals surface area contributed by atoms with Gasteiger partial charge in [-0.3, -0.25) is 4.90 Å². The molecule has 5 heteroatoms. The summed E-state index contributed by atoms with van der Waals surface area (Å²) in [5, 5.41) is 6.68. The number of nitrogens with zero attached hydrogens (tertiary/aromatic N) is 2. The Morgan fingerprint density at radius 3 is 2.52 bits per heavy atom. The Balaban J connectivity index is 1.98. The van der Waals surface area contributed by atoms with Crippen molar-refractivity contribution in [3.63, 3.8) is 0 Å². The zero-order valence-corrected chi connectivity index (χ0v) is 14.1. The first kappa shape index (κ1) is 17.1. The smallest absolute Gasteiger partial charge is 0.191 e. The van der Waals surface area contributed by atoms with E-state index >= 15 is 0 Å². The first-order chi connectivity index (χ1) is 11.2. The van der Waals surface area contributed by atoms with Crippen LogP contribution in [0, 0.1) is 0 Å². The summed E-state index contributed by atoms with van der Waals surface area (Å²) in [6.45, 7) is 4.27. The molecule has 0 saturated carbocycles. The van der Waals surface area contributed by atoms with Crippen molar-refractivity contribution in [1.29, 1.82) is 0 Å². The molecule has 1 aromatic heterocycles. The lowest BCUT2D eigenvalue weighted by Crippen LogP contribution is -2.41. The van der Waals surface area contributed by atoms with E-state index < -0.39 is 0 Å². The Morgan fingerprint density at radius 2 is 1.91 bits per heavy atom. The molecule has 5 nitrogen and oxygen atoms in total. The fourth-order valence-electron chi connectivity index (χ4n) is 2.31. The minimum Gasteiger partial charge on any atom is -0.468 e.